The van der Waals surface area contributed by atoms with Gasteiger partial charge in [-0.25, -0.2) is 18.4 Å². The molecule has 35 heavy (non-hydrogen) atoms. The van der Waals surface area contributed by atoms with Crippen LogP contribution in [0.15, 0.2) is 72.1 Å². The monoisotopic (exact) mass is 496 g/mol. The average Bonchev–Trinajstić information content (AvgIpc) is 2.86. The van der Waals surface area contributed by atoms with Crippen LogP contribution in [0.3, 0.4) is 0 Å². The Hall–Kier alpha value is -2.85. The van der Waals surface area contributed by atoms with Crippen molar-refractivity contribution in [3.8, 4) is 16.9 Å². The summed E-state index contributed by atoms with van der Waals surface area (Å²) in [5.74, 6) is 0.181. The van der Waals surface area contributed by atoms with Gasteiger partial charge >= 0.3 is 0 Å². The zero-order valence-electron chi connectivity index (χ0n) is 20.3. The van der Waals surface area contributed by atoms with Crippen molar-refractivity contribution < 1.29 is 18.3 Å². The molecule has 0 spiro atoms. The smallest absolute Gasteiger partial charge is 0.247 e. The fourth-order valence-corrected chi connectivity index (χ4v) is 6.16. The van der Waals surface area contributed by atoms with E-state index in [2.05, 4.69) is 27.0 Å². The summed E-state index contributed by atoms with van der Waals surface area (Å²) in [6.07, 6.45) is 4.54. The summed E-state index contributed by atoms with van der Waals surface area (Å²) >= 11 is 0. The number of nitrogens with zero attached hydrogens (tertiary/aromatic N) is 4. The second kappa shape index (κ2) is 10.8. The van der Waals surface area contributed by atoms with E-state index in [1.165, 1.54) is 16.2 Å². The molecule has 0 fully saturated rings. The molecule has 3 aromatic rings. The number of aromatic nitrogens is 2. The molecule has 9 heteroatoms. The van der Waals surface area contributed by atoms with Crippen LogP contribution in [-0.2, 0) is 16.6 Å². The standard InChI is InChI=1S/C26H32N4O4S/c1-19-14-30(20(2)17-31)35(32,33)26-10-9-22(23-12-27-18-28-13-23)11-24(26)34-25(19)16-29(3)15-21-7-5-4-6-8-21/h4-13,18-20,25,31H,14-17H2,1-3H3/t19-,20+,25+/m0/s1. The highest BCUT2D eigenvalue weighted by molar-refractivity contribution is 7.89. The molecule has 0 radical (unpaired) electrons. The fraction of sp³-hybridized carbons (Fsp3) is 0.385. The highest BCUT2D eigenvalue weighted by Crippen LogP contribution is 2.36. The third kappa shape index (κ3) is 5.70. The van der Waals surface area contributed by atoms with Crippen LogP contribution in [0.1, 0.15) is 19.4 Å². The largest absolute Gasteiger partial charge is 0.487 e. The molecule has 1 aliphatic rings. The Kier molecular flexibility index (Phi) is 7.81. The van der Waals surface area contributed by atoms with Crippen LogP contribution in [0.2, 0.25) is 0 Å². The number of sulfonamides is 1. The van der Waals surface area contributed by atoms with Crippen molar-refractivity contribution in [3.63, 3.8) is 0 Å². The van der Waals surface area contributed by atoms with Crippen molar-refractivity contribution in [2.24, 2.45) is 5.92 Å². The summed E-state index contributed by atoms with van der Waals surface area (Å²) in [4.78, 5) is 10.4. The van der Waals surface area contributed by atoms with Gasteiger partial charge in [-0.2, -0.15) is 4.31 Å². The number of fused-ring (bicyclic) bond motifs is 1. The number of rotatable bonds is 7. The zero-order valence-corrected chi connectivity index (χ0v) is 21.1. The van der Waals surface area contributed by atoms with Crippen LogP contribution in [0.25, 0.3) is 11.1 Å². The SMILES string of the molecule is C[C@H](CO)N1C[C@H](C)[C@@H](CN(C)Cc2ccccc2)Oc2cc(-c3cncnc3)ccc2S1(=O)=O. The minimum Gasteiger partial charge on any atom is -0.487 e. The van der Waals surface area contributed by atoms with Gasteiger partial charge < -0.3 is 9.84 Å². The molecule has 0 aliphatic carbocycles. The van der Waals surface area contributed by atoms with E-state index in [0.717, 1.165) is 17.7 Å². The highest BCUT2D eigenvalue weighted by Gasteiger charge is 2.38. The molecule has 1 aliphatic heterocycles. The first kappa shape index (κ1) is 25.2. The first-order valence-electron chi connectivity index (χ1n) is 11.7. The van der Waals surface area contributed by atoms with Gasteiger partial charge in [0.15, 0.2) is 0 Å². The van der Waals surface area contributed by atoms with Crippen molar-refractivity contribution >= 4 is 10.0 Å². The zero-order chi connectivity index (χ0) is 25.0. The van der Waals surface area contributed by atoms with Gasteiger partial charge in [0, 0.05) is 49.6 Å². The number of benzene rings is 2. The molecule has 0 unspecified atom stereocenters. The summed E-state index contributed by atoms with van der Waals surface area (Å²) in [6.45, 7) is 5.06. The molecule has 2 aromatic carbocycles. The second-order valence-corrected chi connectivity index (χ2v) is 11.1. The second-order valence-electron chi connectivity index (χ2n) is 9.21. The van der Waals surface area contributed by atoms with Crippen molar-refractivity contribution in [2.75, 3.05) is 26.7 Å². The molecular weight excluding hydrogens is 464 g/mol. The first-order valence-corrected chi connectivity index (χ1v) is 13.1. The predicted molar refractivity (Wildman–Crippen MR) is 134 cm³/mol. The Balaban J connectivity index is 1.72. The van der Waals surface area contributed by atoms with E-state index in [1.54, 1.807) is 37.5 Å². The number of aliphatic hydroxyl groups excluding tert-OH is 1. The van der Waals surface area contributed by atoms with Gasteiger partial charge in [0.25, 0.3) is 0 Å². The molecule has 186 valence electrons. The maximum atomic E-state index is 13.6. The van der Waals surface area contributed by atoms with Crippen molar-refractivity contribution in [1.82, 2.24) is 19.2 Å². The van der Waals surface area contributed by atoms with Crippen LogP contribution in [0, 0.1) is 5.92 Å². The number of aliphatic hydroxyl groups is 1. The number of hydrogen-bond donors (Lipinski definition) is 1. The van der Waals surface area contributed by atoms with E-state index in [-0.39, 0.29) is 30.1 Å². The quantitative estimate of drug-likeness (QED) is 0.537. The Morgan fingerprint density at radius 2 is 1.86 bits per heavy atom. The average molecular weight is 497 g/mol. The van der Waals surface area contributed by atoms with E-state index in [9.17, 15) is 13.5 Å². The predicted octanol–water partition coefficient (Wildman–Crippen LogP) is 3.04. The van der Waals surface area contributed by atoms with Crippen LogP contribution in [0.5, 0.6) is 5.75 Å². The topological polar surface area (TPSA) is 95.9 Å². The van der Waals surface area contributed by atoms with Crippen LogP contribution in [0.4, 0.5) is 0 Å². The van der Waals surface area contributed by atoms with Gasteiger partial charge in [0.1, 0.15) is 23.1 Å². The van der Waals surface area contributed by atoms with Crippen LogP contribution < -0.4 is 4.74 Å². The minimum atomic E-state index is -3.88. The van der Waals surface area contributed by atoms with Gasteiger partial charge in [-0.1, -0.05) is 43.3 Å². The Morgan fingerprint density at radius 3 is 2.54 bits per heavy atom. The van der Waals surface area contributed by atoms with Crippen molar-refractivity contribution in [1.29, 1.82) is 0 Å². The highest BCUT2D eigenvalue weighted by atomic mass is 32.2. The third-order valence-electron chi connectivity index (χ3n) is 6.35. The number of hydrogen-bond acceptors (Lipinski definition) is 7. The van der Waals surface area contributed by atoms with Gasteiger partial charge in [-0.15, -0.1) is 0 Å². The maximum Gasteiger partial charge on any atom is 0.247 e. The van der Waals surface area contributed by atoms with E-state index in [1.807, 2.05) is 32.2 Å². The summed E-state index contributed by atoms with van der Waals surface area (Å²) in [5.41, 5.74) is 2.73. The molecular formula is C26H32N4O4S. The summed E-state index contributed by atoms with van der Waals surface area (Å²) < 4.78 is 35.1. The molecule has 4 rings (SSSR count). The lowest BCUT2D eigenvalue weighted by Crippen LogP contribution is -2.49. The number of likely N-dealkylation sites (N-methyl/N-ethyl adjacent to an activating group) is 1. The molecule has 0 amide bonds. The van der Waals surface area contributed by atoms with E-state index < -0.39 is 16.1 Å². The summed E-state index contributed by atoms with van der Waals surface area (Å²) in [5, 5.41) is 9.82. The van der Waals surface area contributed by atoms with Gasteiger partial charge in [0.05, 0.1) is 6.61 Å². The van der Waals surface area contributed by atoms with Gasteiger partial charge in [-0.05, 0) is 37.2 Å². The van der Waals surface area contributed by atoms with Crippen LogP contribution in [-0.4, -0.2) is 71.6 Å². The Bertz CT molecular complexity index is 1220. The Labute approximate surface area is 207 Å². The third-order valence-corrected chi connectivity index (χ3v) is 8.37. The lowest BCUT2D eigenvalue weighted by atomic mass is 10.0. The first-order chi connectivity index (χ1) is 16.8. The maximum absolute atomic E-state index is 13.6. The molecule has 2 heterocycles. The van der Waals surface area contributed by atoms with E-state index >= 15 is 0 Å². The lowest BCUT2D eigenvalue weighted by molar-refractivity contribution is 0.0734. The Morgan fingerprint density at radius 1 is 1.14 bits per heavy atom. The lowest BCUT2D eigenvalue weighted by Gasteiger charge is -2.37. The number of ether oxygens (including phenoxy) is 1. The van der Waals surface area contributed by atoms with E-state index in [0.29, 0.717) is 12.3 Å². The molecule has 0 saturated heterocycles. The summed E-state index contributed by atoms with van der Waals surface area (Å²) in [6, 6.07) is 14.7. The molecule has 3 atom stereocenters. The van der Waals surface area contributed by atoms with Gasteiger partial charge in [0.2, 0.25) is 10.0 Å². The van der Waals surface area contributed by atoms with Gasteiger partial charge in [-0.3, -0.25) is 4.90 Å². The molecule has 8 nitrogen and oxygen atoms in total. The molecule has 1 aromatic heterocycles. The molecule has 0 saturated carbocycles. The normalized spacial score (nSPS) is 20.9. The van der Waals surface area contributed by atoms with Crippen LogP contribution >= 0.6 is 0 Å². The molecule has 1 N–H and O–H groups in total. The van der Waals surface area contributed by atoms with Crippen molar-refractivity contribution in [3.05, 3.63) is 72.8 Å². The van der Waals surface area contributed by atoms with Crippen molar-refractivity contribution in [2.45, 2.75) is 37.4 Å². The van der Waals surface area contributed by atoms with E-state index in [4.69, 9.17) is 4.74 Å². The minimum absolute atomic E-state index is 0.0982. The fourth-order valence-electron chi connectivity index (χ4n) is 4.34. The molecule has 0 bridgehead atoms. The summed E-state index contributed by atoms with van der Waals surface area (Å²) in [7, 11) is -1.85.